The predicted octanol–water partition coefficient (Wildman–Crippen LogP) is 4.96. The highest BCUT2D eigenvalue weighted by Crippen LogP contribution is 2.21. The van der Waals surface area contributed by atoms with Crippen molar-refractivity contribution in [2.45, 2.75) is 39.7 Å². The molecule has 3 nitrogen and oxygen atoms in total. The molecule has 122 valence electrons. The van der Waals surface area contributed by atoms with Crippen molar-refractivity contribution in [1.29, 1.82) is 0 Å². The number of hydrogen-bond donors (Lipinski definition) is 0. The zero-order valence-corrected chi connectivity index (χ0v) is 14.0. The van der Waals surface area contributed by atoms with Gasteiger partial charge in [-0.1, -0.05) is 37.6 Å². The molecule has 0 N–H and O–H groups in total. The maximum atomic E-state index is 12.2. The van der Waals surface area contributed by atoms with Crippen molar-refractivity contribution in [2.24, 2.45) is 0 Å². The van der Waals surface area contributed by atoms with Crippen LogP contribution in [0.1, 0.15) is 54.8 Å². The van der Waals surface area contributed by atoms with E-state index in [0.717, 1.165) is 18.4 Å². The molecule has 0 saturated carbocycles. The molecule has 0 heterocycles. The Morgan fingerprint density at radius 2 is 1.65 bits per heavy atom. The molecule has 0 radical (unpaired) electrons. The minimum atomic E-state index is -0.335. The monoisotopic (exact) mass is 312 g/mol. The fourth-order valence-electron chi connectivity index (χ4n) is 2.42. The van der Waals surface area contributed by atoms with Gasteiger partial charge in [-0.15, -0.1) is 0 Å². The minimum absolute atomic E-state index is 0.0378. The molecule has 23 heavy (non-hydrogen) atoms. The Hall–Kier alpha value is -2.13. The summed E-state index contributed by atoms with van der Waals surface area (Å²) in [6.07, 6.45) is 2.15. The zero-order chi connectivity index (χ0) is 16.7. The number of carbonyl (C=O) groups excluding carboxylic acids is 1. The average molecular weight is 312 g/mol. The van der Waals surface area contributed by atoms with Crippen LogP contribution in [0.2, 0.25) is 0 Å². The van der Waals surface area contributed by atoms with Crippen molar-refractivity contribution in [3.8, 4) is 5.75 Å². The van der Waals surface area contributed by atoms with E-state index in [2.05, 4.69) is 6.92 Å². The van der Waals surface area contributed by atoms with Crippen LogP contribution in [0.5, 0.6) is 5.75 Å². The zero-order valence-electron chi connectivity index (χ0n) is 14.0. The summed E-state index contributed by atoms with van der Waals surface area (Å²) in [5.41, 5.74) is 2.87. The topological polar surface area (TPSA) is 35.5 Å². The second kappa shape index (κ2) is 8.49. The highest BCUT2D eigenvalue weighted by atomic mass is 16.5. The molecule has 2 aromatic rings. The van der Waals surface area contributed by atoms with E-state index in [1.54, 1.807) is 12.1 Å². The Labute approximate surface area is 138 Å². The number of rotatable bonds is 7. The van der Waals surface area contributed by atoms with Gasteiger partial charge in [0.2, 0.25) is 0 Å². The normalized spacial score (nSPS) is 12.0. The molecule has 2 rings (SSSR count). The second-order valence-corrected chi connectivity index (χ2v) is 5.50. The Morgan fingerprint density at radius 3 is 2.22 bits per heavy atom. The lowest BCUT2D eigenvalue weighted by Gasteiger charge is -2.12. The number of benzene rings is 2. The Balaban J connectivity index is 1.99. The number of esters is 1. The Morgan fingerprint density at radius 1 is 1.00 bits per heavy atom. The van der Waals surface area contributed by atoms with Gasteiger partial charge in [0, 0.05) is 6.61 Å². The first-order valence-corrected chi connectivity index (χ1v) is 8.16. The van der Waals surface area contributed by atoms with Crippen LogP contribution in [-0.2, 0) is 11.2 Å². The van der Waals surface area contributed by atoms with Gasteiger partial charge in [0.25, 0.3) is 0 Å². The van der Waals surface area contributed by atoms with E-state index in [1.807, 2.05) is 50.2 Å². The van der Waals surface area contributed by atoms with Crippen molar-refractivity contribution in [3.63, 3.8) is 0 Å². The van der Waals surface area contributed by atoms with E-state index in [1.165, 1.54) is 5.56 Å². The van der Waals surface area contributed by atoms with E-state index >= 15 is 0 Å². The Kier molecular flexibility index (Phi) is 6.36. The quantitative estimate of drug-likeness (QED) is 0.535. The van der Waals surface area contributed by atoms with Gasteiger partial charge in [-0.05, 0) is 55.7 Å². The van der Waals surface area contributed by atoms with Gasteiger partial charge in [0.15, 0.2) is 0 Å². The van der Waals surface area contributed by atoms with Crippen LogP contribution in [-0.4, -0.2) is 12.6 Å². The largest absolute Gasteiger partial charge is 0.423 e. The van der Waals surface area contributed by atoms with Crippen LogP contribution in [0.25, 0.3) is 0 Å². The van der Waals surface area contributed by atoms with Gasteiger partial charge in [0.1, 0.15) is 5.75 Å². The summed E-state index contributed by atoms with van der Waals surface area (Å²) in [4.78, 5) is 12.2. The third kappa shape index (κ3) is 4.93. The first kappa shape index (κ1) is 17.2. The number of hydrogen-bond acceptors (Lipinski definition) is 3. The van der Waals surface area contributed by atoms with Gasteiger partial charge in [0.05, 0.1) is 11.7 Å². The first-order chi connectivity index (χ1) is 11.1. The lowest BCUT2D eigenvalue weighted by molar-refractivity contribution is 0.0733. The summed E-state index contributed by atoms with van der Waals surface area (Å²) in [5, 5.41) is 0. The lowest BCUT2D eigenvalue weighted by atomic mass is 10.1. The molecule has 0 fully saturated rings. The molecule has 0 spiro atoms. The van der Waals surface area contributed by atoms with Crippen molar-refractivity contribution in [1.82, 2.24) is 0 Å². The Bertz CT molecular complexity index is 614. The molecule has 1 unspecified atom stereocenters. The molecule has 1 atom stereocenters. The molecule has 0 aliphatic rings. The molecule has 2 aromatic carbocycles. The SMILES string of the molecule is CCCc1ccc(C(=O)Oc2ccc(C(C)OCC)cc2)cc1. The van der Waals surface area contributed by atoms with Crippen molar-refractivity contribution >= 4 is 5.97 Å². The van der Waals surface area contributed by atoms with Crippen LogP contribution in [0.4, 0.5) is 0 Å². The van der Waals surface area contributed by atoms with Gasteiger partial charge in [-0.25, -0.2) is 4.79 Å². The second-order valence-electron chi connectivity index (χ2n) is 5.50. The van der Waals surface area contributed by atoms with E-state index in [4.69, 9.17) is 9.47 Å². The van der Waals surface area contributed by atoms with Crippen LogP contribution in [0.3, 0.4) is 0 Å². The molecule has 0 amide bonds. The maximum Gasteiger partial charge on any atom is 0.343 e. The summed E-state index contributed by atoms with van der Waals surface area (Å²) in [7, 11) is 0. The summed E-state index contributed by atoms with van der Waals surface area (Å²) in [6, 6.07) is 15.0. The van der Waals surface area contributed by atoms with E-state index in [9.17, 15) is 4.79 Å². The number of carbonyl (C=O) groups is 1. The summed E-state index contributed by atoms with van der Waals surface area (Å²) < 4.78 is 11.0. The van der Waals surface area contributed by atoms with Crippen LogP contribution >= 0.6 is 0 Å². The van der Waals surface area contributed by atoms with Gasteiger partial charge >= 0.3 is 5.97 Å². The van der Waals surface area contributed by atoms with Crippen LogP contribution < -0.4 is 4.74 Å². The predicted molar refractivity (Wildman–Crippen MR) is 91.9 cm³/mol. The molecule has 0 bridgehead atoms. The molecular formula is C20H24O3. The molecular weight excluding hydrogens is 288 g/mol. The number of aryl methyl sites for hydroxylation is 1. The molecule has 3 heteroatoms. The standard InChI is InChI=1S/C20H24O3/c1-4-6-16-7-9-18(10-8-16)20(21)23-19-13-11-17(12-14-19)15(3)22-5-2/h7-15H,4-6H2,1-3H3. The fraction of sp³-hybridized carbons (Fsp3) is 0.350. The third-order valence-corrected chi connectivity index (χ3v) is 3.71. The minimum Gasteiger partial charge on any atom is -0.423 e. The van der Waals surface area contributed by atoms with Crippen molar-refractivity contribution < 1.29 is 14.3 Å². The molecule has 0 aromatic heterocycles. The summed E-state index contributed by atoms with van der Waals surface area (Å²) in [6.45, 7) is 6.78. The van der Waals surface area contributed by atoms with Gasteiger partial charge < -0.3 is 9.47 Å². The fourth-order valence-corrected chi connectivity index (χ4v) is 2.42. The summed E-state index contributed by atoms with van der Waals surface area (Å²) in [5.74, 6) is 0.207. The maximum absolute atomic E-state index is 12.2. The summed E-state index contributed by atoms with van der Waals surface area (Å²) >= 11 is 0. The third-order valence-electron chi connectivity index (χ3n) is 3.71. The highest BCUT2D eigenvalue weighted by molar-refractivity contribution is 5.91. The van der Waals surface area contributed by atoms with Gasteiger partial charge in [-0.2, -0.15) is 0 Å². The van der Waals surface area contributed by atoms with Crippen LogP contribution in [0, 0.1) is 0 Å². The van der Waals surface area contributed by atoms with E-state index in [-0.39, 0.29) is 12.1 Å². The van der Waals surface area contributed by atoms with E-state index < -0.39 is 0 Å². The molecule has 0 aliphatic heterocycles. The van der Waals surface area contributed by atoms with Crippen LogP contribution in [0.15, 0.2) is 48.5 Å². The molecule has 0 aliphatic carbocycles. The van der Waals surface area contributed by atoms with Crippen molar-refractivity contribution in [2.75, 3.05) is 6.61 Å². The smallest absolute Gasteiger partial charge is 0.343 e. The van der Waals surface area contributed by atoms with Crippen molar-refractivity contribution in [3.05, 3.63) is 65.2 Å². The highest BCUT2D eigenvalue weighted by Gasteiger charge is 2.10. The lowest BCUT2D eigenvalue weighted by Crippen LogP contribution is -2.08. The molecule has 0 saturated heterocycles. The average Bonchev–Trinajstić information content (AvgIpc) is 2.56. The number of ether oxygens (including phenoxy) is 2. The van der Waals surface area contributed by atoms with Gasteiger partial charge in [-0.3, -0.25) is 0 Å². The first-order valence-electron chi connectivity index (χ1n) is 8.16. The van der Waals surface area contributed by atoms with E-state index in [0.29, 0.717) is 17.9 Å².